The van der Waals surface area contributed by atoms with Crippen LogP contribution in [0.5, 0.6) is 11.5 Å². The summed E-state index contributed by atoms with van der Waals surface area (Å²) in [5.74, 6) is -0.0489. The Morgan fingerprint density at radius 1 is 1.00 bits per heavy atom. The van der Waals surface area contributed by atoms with Crippen molar-refractivity contribution in [3.63, 3.8) is 0 Å². The van der Waals surface area contributed by atoms with Crippen molar-refractivity contribution in [1.82, 2.24) is 19.3 Å². The molecule has 0 aliphatic carbocycles. The first-order valence-corrected chi connectivity index (χ1v) is 8.58. The van der Waals surface area contributed by atoms with E-state index in [4.69, 9.17) is 10.5 Å². The van der Waals surface area contributed by atoms with Gasteiger partial charge in [0.05, 0.1) is 12.2 Å². The van der Waals surface area contributed by atoms with Gasteiger partial charge >= 0.3 is 5.69 Å². The first-order chi connectivity index (χ1) is 14.0. The van der Waals surface area contributed by atoms with Crippen LogP contribution in [0.1, 0.15) is 5.56 Å². The lowest BCUT2D eigenvalue weighted by Gasteiger charge is -2.07. The zero-order valence-electron chi connectivity index (χ0n) is 15.0. The van der Waals surface area contributed by atoms with Crippen LogP contribution in [0.15, 0.2) is 71.9 Å². The highest BCUT2D eigenvalue weighted by Gasteiger charge is 2.13. The van der Waals surface area contributed by atoms with Gasteiger partial charge in [-0.15, -0.1) is 0 Å². The second-order valence-corrected chi connectivity index (χ2v) is 6.17. The Morgan fingerprint density at radius 3 is 2.41 bits per heavy atom. The van der Waals surface area contributed by atoms with Crippen LogP contribution in [0.4, 0.5) is 14.6 Å². The predicted molar refractivity (Wildman–Crippen MR) is 102 cm³/mol. The van der Waals surface area contributed by atoms with Crippen molar-refractivity contribution >= 4 is 5.82 Å². The molecule has 0 atom stereocenters. The molecule has 146 valence electrons. The molecule has 7 nitrogen and oxygen atoms in total. The third kappa shape index (κ3) is 3.84. The van der Waals surface area contributed by atoms with Gasteiger partial charge in [0, 0.05) is 17.8 Å². The first-order valence-electron chi connectivity index (χ1n) is 8.58. The molecule has 0 spiro atoms. The molecule has 4 rings (SSSR count). The number of rotatable bonds is 5. The lowest BCUT2D eigenvalue weighted by Crippen LogP contribution is -2.24. The topological polar surface area (TPSA) is 88.0 Å². The van der Waals surface area contributed by atoms with Crippen LogP contribution in [-0.2, 0) is 6.54 Å². The fourth-order valence-electron chi connectivity index (χ4n) is 2.76. The molecule has 4 aromatic rings. The van der Waals surface area contributed by atoms with Gasteiger partial charge in [0.15, 0.2) is 0 Å². The fraction of sp³-hybridized carbons (Fsp3) is 0.0500. The van der Waals surface area contributed by atoms with Crippen molar-refractivity contribution in [3.05, 3.63) is 94.8 Å². The van der Waals surface area contributed by atoms with Crippen LogP contribution in [0.2, 0.25) is 0 Å². The molecule has 0 aliphatic rings. The van der Waals surface area contributed by atoms with Crippen molar-refractivity contribution in [2.45, 2.75) is 6.54 Å². The Morgan fingerprint density at radius 2 is 1.72 bits per heavy atom. The highest BCUT2D eigenvalue weighted by atomic mass is 19.1. The number of anilines is 1. The van der Waals surface area contributed by atoms with Gasteiger partial charge in [0.2, 0.25) is 0 Å². The second kappa shape index (κ2) is 7.55. The van der Waals surface area contributed by atoms with Gasteiger partial charge in [-0.3, -0.25) is 4.57 Å². The quantitative estimate of drug-likeness (QED) is 0.561. The highest BCUT2D eigenvalue weighted by Crippen LogP contribution is 2.23. The fourth-order valence-corrected chi connectivity index (χ4v) is 2.76. The number of halogens is 2. The molecule has 2 heterocycles. The second-order valence-electron chi connectivity index (χ2n) is 6.17. The zero-order chi connectivity index (χ0) is 20.4. The van der Waals surface area contributed by atoms with Crippen molar-refractivity contribution in [1.29, 1.82) is 0 Å². The number of nitrogens with zero attached hydrogens (tertiary/aromatic N) is 4. The minimum atomic E-state index is -0.720. The number of nitrogens with two attached hydrogens (primary N) is 1. The Balaban J connectivity index is 1.56. The molecule has 0 aliphatic heterocycles. The molecule has 2 N–H and O–H groups in total. The molecule has 0 saturated carbocycles. The van der Waals surface area contributed by atoms with Gasteiger partial charge in [-0.1, -0.05) is 6.07 Å². The van der Waals surface area contributed by atoms with Crippen molar-refractivity contribution in [3.8, 4) is 17.2 Å². The molecule has 9 heteroatoms. The lowest BCUT2D eigenvalue weighted by molar-refractivity contribution is 0.482. The summed E-state index contributed by atoms with van der Waals surface area (Å²) < 4.78 is 35.6. The monoisotopic (exact) mass is 395 g/mol. The van der Waals surface area contributed by atoms with Gasteiger partial charge in [-0.2, -0.15) is 9.78 Å². The number of nitrogen functional groups attached to an aromatic ring is 1. The lowest BCUT2D eigenvalue weighted by atomic mass is 10.2. The molecule has 0 radical (unpaired) electrons. The SMILES string of the molecule is Nc1cc(Oc2ccc(-n3ncn(Cc4c(F)cccc4F)c3=O)cc2)ccn1. The van der Waals surface area contributed by atoms with Crippen LogP contribution in [0.3, 0.4) is 0 Å². The summed E-state index contributed by atoms with van der Waals surface area (Å²) in [4.78, 5) is 16.5. The number of benzene rings is 2. The van der Waals surface area contributed by atoms with Crippen LogP contribution in [0.25, 0.3) is 5.69 Å². The summed E-state index contributed by atoms with van der Waals surface area (Å²) in [6.07, 6.45) is 2.77. The van der Waals surface area contributed by atoms with E-state index in [1.807, 2.05) is 0 Å². The summed E-state index contributed by atoms with van der Waals surface area (Å²) >= 11 is 0. The smallest absolute Gasteiger partial charge is 0.350 e. The molecule has 0 fully saturated rings. The average Bonchev–Trinajstić information content (AvgIpc) is 3.06. The maximum Gasteiger partial charge on any atom is 0.350 e. The number of aromatic nitrogens is 4. The minimum Gasteiger partial charge on any atom is -0.457 e. The third-order valence-electron chi connectivity index (χ3n) is 4.19. The molecule has 0 bridgehead atoms. The summed E-state index contributed by atoms with van der Waals surface area (Å²) in [6, 6.07) is 13.4. The molecular weight excluding hydrogens is 380 g/mol. The van der Waals surface area contributed by atoms with Crippen molar-refractivity contribution < 1.29 is 13.5 Å². The number of pyridine rings is 1. The summed E-state index contributed by atoms with van der Waals surface area (Å²) in [7, 11) is 0. The summed E-state index contributed by atoms with van der Waals surface area (Å²) in [5.41, 5.74) is 5.37. The molecule has 29 heavy (non-hydrogen) atoms. The number of hydrogen-bond acceptors (Lipinski definition) is 5. The number of hydrogen-bond donors (Lipinski definition) is 1. The van der Waals surface area contributed by atoms with E-state index in [0.717, 1.165) is 21.4 Å². The molecule has 0 saturated heterocycles. The van der Waals surface area contributed by atoms with E-state index >= 15 is 0 Å². The van der Waals surface area contributed by atoms with E-state index in [1.165, 1.54) is 18.6 Å². The third-order valence-corrected chi connectivity index (χ3v) is 4.19. The van der Waals surface area contributed by atoms with Gasteiger partial charge in [0.1, 0.15) is 35.3 Å². The Kier molecular flexibility index (Phi) is 4.78. The number of ether oxygens (including phenoxy) is 1. The standard InChI is InChI=1S/C20H15F2N5O2/c21-17-2-1-3-18(22)16(17)11-26-12-25-27(20(26)28)13-4-6-14(7-5-13)29-15-8-9-24-19(23)10-15/h1-10,12H,11H2,(H2,23,24). The van der Waals surface area contributed by atoms with Crippen LogP contribution in [-0.4, -0.2) is 19.3 Å². The predicted octanol–water partition coefficient (Wildman–Crippen LogP) is 3.13. The molecule has 2 aromatic heterocycles. The Labute approximate surface area is 163 Å². The maximum atomic E-state index is 13.8. The van der Waals surface area contributed by atoms with Gasteiger partial charge in [-0.05, 0) is 42.5 Å². The summed E-state index contributed by atoms with van der Waals surface area (Å²) in [6.45, 7) is -0.262. The first kappa shape index (κ1) is 18.4. The van der Waals surface area contributed by atoms with E-state index in [9.17, 15) is 13.6 Å². The van der Waals surface area contributed by atoms with E-state index in [0.29, 0.717) is 23.0 Å². The molecule has 0 amide bonds. The Bertz CT molecular complexity index is 1200. The van der Waals surface area contributed by atoms with Crippen molar-refractivity contribution in [2.24, 2.45) is 0 Å². The minimum absolute atomic E-state index is 0.200. The Hall–Kier alpha value is -4.01. The van der Waals surface area contributed by atoms with E-state index in [-0.39, 0.29) is 12.1 Å². The van der Waals surface area contributed by atoms with Gasteiger partial charge in [-0.25, -0.2) is 18.6 Å². The van der Waals surface area contributed by atoms with E-state index in [2.05, 4.69) is 10.1 Å². The van der Waals surface area contributed by atoms with Crippen LogP contribution in [0, 0.1) is 11.6 Å². The maximum absolute atomic E-state index is 13.8. The molecular formula is C20H15F2N5O2. The van der Waals surface area contributed by atoms with Gasteiger partial charge in [0.25, 0.3) is 0 Å². The van der Waals surface area contributed by atoms with Crippen LogP contribution >= 0.6 is 0 Å². The molecule has 0 unspecified atom stereocenters. The zero-order valence-corrected chi connectivity index (χ0v) is 15.0. The normalized spacial score (nSPS) is 10.8. The largest absolute Gasteiger partial charge is 0.457 e. The van der Waals surface area contributed by atoms with Crippen molar-refractivity contribution in [2.75, 3.05) is 5.73 Å². The highest BCUT2D eigenvalue weighted by molar-refractivity contribution is 5.41. The molecule has 2 aromatic carbocycles. The van der Waals surface area contributed by atoms with Crippen LogP contribution < -0.4 is 16.2 Å². The average molecular weight is 395 g/mol. The van der Waals surface area contributed by atoms with E-state index < -0.39 is 17.3 Å². The summed E-state index contributed by atoms with van der Waals surface area (Å²) in [5, 5.41) is 4.02. The van der Waals surface area contributed by atoms with E-state index in [1.54, 1.807) is 36.4 Å². The van der Waals surface area contributed by atoms with Gasteiger partial charge < -0.3 is 10.5 Å².